The van der Waals surface area contributed by atoms with Crippen LogP contribution in [0.15, 0.2) is 18.2 Å². The first-order chi connectivity index (χ1) is 12.0. The minimum absolute atomic E-state index is 0.112. The Labute approximate surface area is 147 Å². The van der Waals surface area contributed by atoms with E-state index < -0.39 is 5.97 Å². The molecule has 0 unspecified atom stereocenters. The molecule has 1 amide bonds. The lowest BCUT2D eigenvalue weighted by Gasteiger charge is -2.41. The van der Waals surface area contributed by atoms with Gasteiger partial charge in [0, 0.05) is 25.1 Å². The highest BCUT2D eigenvalue weighted by Crippen LogP contribution is 2.34. The molecular weight excluding hydrogens is 322 g/mol. The molecule has 1 aromatic carbocycles. The van der Waals surface area contributed by atoms with E-state index in [9.17, 15) is 9.59 Å². The lowest BCUT2D eigenvalue weighted by Crippen LogP contribution is -2.52. The van der Waals surface area contributed by atoms with Gasteiger partial charge in [-0.1, -0.05) is 0 Å². The molecule has 1 aliphatic carbocycles. The van der Waals surface area contributed by atoms with Crippen molar-refractivity contribution in [2.45, 2.75) is 25.7 Å². The molecule has 6 nitrogen and oxygen atoms in total. The zero-order valence-corrected chi connectivity index (χ0v) is 14.7. The molecule has 0 bridgehead atoms. The lowest BCUT2D eigenvalue weighted by atomic mass is 9.90. The number of hydrogen-bond donors (Lipinski definition) is 1. The first-order valence-corrected chi connectivity index (χ1v) is 8.73. The molecule has 1 saturated heterocycles. The van der Waals surface area contributed by atoms with Gasteiger partial charge in [-0.15, -0.1) is 0 Å². The van der Waals surface area contributed by atoms with Crippen molar-refractivity contribution < 1.29 is 24.2 Å². The molecule has 2 aliphatic rings. The molecule has 6 heteroatoms. The van der Waals surface area contributed by atoms with Crippen LogP contribution in [0.5, 0.6) is 11.5 Å². The zero-order chi connectivity index (χ0) is 18.0. The van der Waals surface area contributed by atoms with Crippen LogP contribution in [0.1, 0.15) is 24.8 Å². The lowest BCUT2D eigenvalue weighted by molar-refractivity contribution is -0.143. The summed E-state index contributed by atoms with van der Waals surface area (Å²) in [7, 11) is 3.27. The monoisotopic (exact) mass is 347 g/mol. The van der Waals surface area contributed by atoms with E-state index in [-0.39, 0.29) is 17.7 Å². The number of likely N-dealkylation sites (tertiary alicyclic amines) is 1. The first kappa shape index (κ1) is 17.6. The van der Waals surface area contributed by atoms with Gasteiger partial charge in [-0.25, -0.2) is 0 Å². The van der Waals surface area contributed by atoms with E-state index in [4.69, 9.17) is 14.6 Å². The van der Waals surface area contributed by atoms with E-state index in [0.29, 0.717) is 25.2 Å². The number of carbonyl (C=O) groups is 2. The second kappa shape index (κ2) is 7.33. The number of benzene rings is 1. The van der Waals surface area contributed by atoms with Gasteiger partial charge in [0.25, 0.3) is 0 Å². The van der Waals surface area contributed by atoms with Gasteiger partial charge < -0.3 is 19.5 Å². The van der Waals surface area contributed by atoms with Crippen molar-refractivity contribution in [3.05, 3.63) is 23.8 Å². The molecule has 0 radical (unpaired) electrons. The maximum absolute atomic E-state index is 12.5. The fourth-order valence-corrected chi connectivity index (χ4v) is 3.88. The van der Waals surface area contributed by atoms with Crippen LogP contribution in [-0.2, 0) is 16.0 Å². The molecule has 1 aliphatic heterocycles. The van der Waals surface area contributed by atoms with Crippen molar-refractivity contribution in [1.29, 1.82) is 0 Å². The van der Waals surface area contributed by atoms with Crippen LogP contribution in [0.4, 0.5) is 0 Å². The van der Waals surface area contributed by atoms with Crippen LogP contribution in [0.2, 0.25) is 0 Å². The zero-order valence-electron chi connectivity index (χ0n) is 14.7. The summed E-state index contributed by atoms with van der Waals surface area (Å²) in [5.74, 6) is 0.859. The van der Waals surface area contributed by atoms with E-state index in [1.54, 1.807) is 14.2 Å². The fourth-order valence-electron chi connectivity index (χ4n) is 3.88. The summed E-state index contributed by atoms with van der Waals surface area (Å²) < 4.78 is 10.6. The maximum atomic E-state index is 12.5. The van der Waals surface area contributed by atoms with Gasteiger partial charge in [-0.3, -0.25) is 9.59 Å². The second-order valence-electron chi connectivity index (χ2n) is 7.08. The summed E-state index contributed by atoms with van der Waals surface area (Å²) in [5, 5.41) is 9.07. The molecule has 0 aromatic heterocycles. The second-order valence-corrected chi connectivity index (χ2v) is 7.08. The summed E-state index contributed by atoms with van der Waals surface area (Å²) in [5.41, 5.74) is 1.14. The van der Waals surface area contributed by atoms with Crippen molar-refractivity contribution in [3.63, 3.8) is 0 Å². The summed E-state index contributed by atoms with van der Waals surface area (Å²) in [6, 6.07) is 5.85. The summed E-state index contributed by atoms with van der Waals surface area (Å²) in [6.45, 7) is 1.49. The smallest absolute Gasteiger partial charge is 0.306 e. The third-order valence-corrected chi connectivity index (χ3v) is 5.34. The molecule has 2 atom stereocenters. The van der Waals surface area contributed by atoms with Gasteiger partial charge in [0.2, 0.25) is 5.91 Å². The Kier molecular flexibility index (Phi) is 5.16. The topological polar surface area (TPSA) is 76.1 Å². The standard InChI is InChI=1S/C19H25NO5/c1-24-16-6-12(7-17(9-16)25-2)5-13-10-20(11-13)18(21)14-3-4-15(8-14)19(22)23/h6-7,9,13-15H,3-5,8,10-11H2,1-2H3,(H,22,23)/t14-,15+/m1/s1. The number of rotatable bonds is 6. The quantitative estimate of drug-likeness (QED) is 0.854. The Hall–Kier alpha value is -2.24. The molecular formula is C19H25NO5. The molecule has 0 spiro atoms. The number of amides is 1. The van der Waals surface area contributed by atoms with Crippen LogP contribution in [0.25, 0.3) is 0 Å². The molecule has 1 saturated carbocycles. The number of carboxylic acids is 1. The number of methoxy groups -OCH3 is 2. The number of hydrogen-bond acceptors (Lipinski definition) is 4. The average Bonchev–Trinajstić information content (AvgIpc) is 3.07. The predicted molar refractivity (Wildman–Crippen MR) is 91.8 cm³/mol. The van der Waals surface area contributed by atoms with Gasteiger partial charge in [-0.05, 0) is 49.3 Å². The number of carboxylic acid groups (broad SMARTS) is 1. The van der Waals surface area contributed by atoms with Gasteiger partial charge in [0.1, 0.15) is 11.5 Å². The third kappa shape index (κ3) is 3.89. The van der Waals surface area contributed by atoms with Crippen LogP contribution in [0, 0.1) is 17.8 Å². The largest absolute Gasteiger partial charge is 0.497 e. The fraction of sp³-hybridized carbons (Fsp3) is 0.579. The van der Waals surface area contributed by atoms with E-state index in [2.05, 4.69) is 0 Å². The van der Waals surface area contributed by atoms with Crippen molar-refractivity contribution in [2.75, 3.05) is 27.3 Å². The highest BCUT2D eigenvalue weighted by atomic mass is 16.5. The van der Waals surface area contributed by atoms with Gasteiger partial charge in [0.15, 0.2) is 0 Å². The SMILES string of the molecule is COc1cc(CC2CN(C(=O)[C@@H]3CC[C@H](C(=O)O)C3)C2)cc(OC)c1. The number of ether oxygens (including phenoxy) is 2. The Morgan fingerprint density at radius 1 is 1.08 bits per heavy atom. The Bertz CT molecular complexity index is 631. The average molecular weight is 347 g/mol. The van der Waals surface area contributed by atoms with Gasteiger partial charge in [0.05, 0.1) is 20.1 Å². The van der Waals surface area contributed by atoms with E-state index in [1.807, 2.05) is 23.1 Å². The Morgan fingerprint density at radius 3 is 2.20 bits per heavy atom. The minimum Gasteiger partial charge on any atom is -0.497 e. The van der Waals surface area contributed by atoms with Crippen LogP contribution in [0.3, 0.4) is 0 Å². The number of carbonyl (C=O) groups excluding carboxylic acids is 1. The van der Waals surface area contributed by atoms with E-state index in [1.165, 1.54) is 0 Å². The molecule has 3 rings (SSSR count). The van der Waals surface area contributed by atoms with Crippen LogP contribution in [-0.4, -0.2) is 49.2 Å². The summed E-state index contributed by atoms with van der Waals surface area (Å²) in [6.07, 6.45) is 2.68. The predicted octanol–water partition coefficient (Wildman–Crippen LogP) is 2.21. The molecule has 1 aromatic rings. The maximum Gasteiger partial charge on any atom is 0.306 e. The third-order valence-electron chi connectivity index (χ3n) is 5.34. The minimum atomic E-state index is -0.774. The van der Waals surface area contributed by atoms with E-state index in [0.717, 1.165) is 36.6 Å². The number of aliphatic carboxylic acids is 1. The van der Waals surface area contributed by atoms with Crippen molar-refractivity contribution in [2.24, 2.45) is 17.8 Å². The molecule has 25 heavy (non-hydrogen) atoms. The van der Waals surface area contributed by atoms with Crippen molar-refractivity contribution in [3.8, 4) is 11.5 Å². The number of nitrogens with zero attached hydrogens (tertiary/aromatic N) is 1. The molecule has 136 valence electrons. The highest BCUT2D eigenvalue weighted by molar-refractivity contribution is 5.81. The Morgan fingerprint density at radius 2 is 1.68 bits per heavy atom. The van der Waals surface area contributed by atoms with Gasteiger partial charge >= 0.3 is 5.97 Å². The molecule has 1 heterocycles. The highest BCUT2D eigenvalue weighted by Gasteiger charge is 2.39. The van der Waals surface area contributed by atoms with E-state index >= 15 is 0 Å². The normalized spacial score (nSPS) is 23.2. The van der Waals surface area contributed by atoms with Gasteiger partial charge in [-0.2, -0.15) is 0 Å². The summed E-state index contributed by atoms with van der Waals surface area (Å²) >= 11 is 0. The summed E-state index contributed by atoms with van der Waals surface area (Å²) in [4.78, 5) is 25.4. The Balaban J connectivity index is 1.51. The molecule has 2 fully saturated rings. The van der Waals surface area contributed by atoms with Crippen molar-refractivity contribution >= 4 is 11.9 Å². The first-order valence-electron chi connectivity index (χ1n) is 8.73. The van der Waals surface area contributed by atoms with Crippen LogP contribution < -0.4 is 9.47 Å². The molecule has 1 N–H and O–H groups in total. The van der Waals surface area contributed by atoms with Crippen LogP contribution >= 0.6 is 0 Å². The van der Waals surface area contributed by atoms with Crippen molar-refractivity contribution in [1.82, 2.24) is 4.90 Å².